The molecule has 0 aromatic heterocycles. The van der Waals surface area contributed by atoms with Crippen molar-refractivity contribution in [1.82, 2.24) is 4.31 Å². The van der Waals surface area contributed by atoms with Crippen molar-refractivity contribution >= 4 is 37.5 Å². The standard InChI is InChI=1S/C15H19BrN2O3S/c1-22(20,21)17-7-2-3-12(10-17)15(19)18-8-6-11-9-13(16)4-5-14(11)18/h4-5,9,12H,2-3,6-8,10H2,1H3. The van der Waals surface area contributed by atoms with Crippen molar-refractivity contribution in [3.8, 4) is 0 Å². The highest BCUT2D eigenvalue weighted by molar-refractivity contribution is 9.10. The highest BCUT2D eigenvalue weighted by Gasteiger charge is 2.35. The molecular weight excluding hydrogens is 368 g/mol. The molecule has 120 valence electrons. The second-order valence-electron chi connectivity index (χ2n) is 5.97. The molecule has 1 aromatic rings. The van der Waals surface area contributed by atoms with E-state index in [1.807, 2.05) is 23.1 Å². The number of nitrogens with zero attached hydrogens (tertiary/aromatic N) is 2. The second-order valence-corrected chi connectivity index (χ2v) is 8.87. The summed E-state index contributed by atoms with van der Waals surface area (Å²) in [6.45, 7) is 1.51. The van der Waals surface area contributed by atoms with E-state index < -0.39 is 10.0 Å². The molecule has 2 heterocycles. The smallest absolute Gasteiger partial charge is 0.231 e. The van der Waals surface area contributed by atoms with E-state index in [9.17, 15) is 13.2 Å². The first-order valence-electron chi connectivity index (χ1n) is 7.41. The molecule has 0 N–H and O–H groups in total. The molecule has 1 fully saturated rings. The van der Waals surface area contributed by atoms with E-state index in [1.54, 1.807) is 0 Å². The Morgan fingerprint density at radius 3 is 2.82 bits per heavy atom. The summed E-state index contributed by atoms with van der Waals surface area (Å²) in [5.41, 5.74) is 2.13. The van der Waals surface area contributed by atoms with Gasteiger partial charge < -0.3 is 4.90 Å². The van der Waals surface area contributed by atoms with Gasteiger partial charge in [0.2, 0.25) is 15.9 Å². The molecule has 5 nitrogen and oxygen atoms in total. The van der Waals surface area contributed by atoms with Crippen molar-refractivity contribution < 1.29 is 13.2 Å². The molecule has 1 atom stereocenters. The number of benzene rings is 1. The zero-order chi connectivity index (χ0) is 15.9. The maximum Gasteiger partial charge on any atom is 0.231 e. The van der Waals surface area contributed by atoms with E-state index in [0.29, 0.717) is 19.6 Å². The SMILES string of the molecule is CS(=O)(=O)N1CCCC(C(=O)N2CCc3cc(Br)ccc32)C1. The lowest BCUT2D eigenvalue weighted by Gasteiger charge is -2.32. The predicted molar refractivity (Wildman–Crippen MR) is 89.3 cm³/mol. The number of hydrogen-bond donors (Lipinski definition) is 0. The predicted octanol–water partition coefficient (Wildman–Crippen LogP) is 2.01. The van der Waals surface area contributed by atoms with Gasteiger partial charge in [-0.1, -0.05) is 15.9 Å². The van der Waals surface area contributed by atoms with Crippen molar-refractivity contribution in [3.05, 3.63) is 28.2 Å². The molecule has 1 saturated heterocycles. The fourth-order valence-electron chi connectivity index (χ4n) is 3.26. The van der Waals surface area contributed by atoms with Gasteiger partial charge >= 0.3 is 0 Å². The highest BCUT2D eigenvalue weighted by Crippen LogP contribution is 2.33. The van der Waals surface area contributed by atoms with Crippen molar-refractivity contribution in [1.29, 1.82) is 0 Å². The second kappa shape index (κ2) is 5.94. The van der Waals surface area contributed by atoms with Crippen LogP contribution in [-0.2, 0) is 21.2 Å². The maximum absolute atomic E-state index is 12.8. The van der Waals surface area contributed by atoms with Crippen LogP contribution < -0.4 is 4.90 Å². The Bertz CT molecular complexity index is 705. The molecular formula is C15H19BrN2O3S. The Hall–Kier alpha value is -0.920. The Kier molecular flexibility index (Phi) is 4.31. The first kappa shape index (κ1) is 16.0. The number of sulfonamides is 1. The van der Waals surface area contributed by atoms with Crippen LogP contribution in [0.15, 0.2) is 22.7 Å². The van der Waals surface area contributed by atoms with Crippen molar-refractivity contribution in [2.75, 3.05) is 30.8 Å². The summed E-state index contributed by atoms with van der Waals surface area (Å²) >= 11 is 3.45. The summed E-state index contributed by atoms with van der Waals surface area (Å²) in [5.74, 6) is -0.188. The number of carbonyl (C=O) groups excluding carboxylic acids is 1. The minimum absolute atomic E-state index is 0.0504. The lowest BCUT2D eigenvalue weighted by molar-refractivity contribution is -0.123. The molecule has 1 unspecified atom stereocenters. The van der Waals surface area contributed by atoms with Gasteiger partial charge in [0, 0.05) is 29.8 Å². The Labute approximate surface area is 139 Å². The summed E-state index contributed by atoms with van der Waals surface area (Å²) < 4.78 is 25.9. The number of amides is 1. The van der Waals surface area contributed by atoms with Gasteiger partial charge in [-0.25, -0.2) is 12.7 Å². The van der Waals surface area contributed by atoms with Crippen LogP contribution in [0.4, 0.5) is 5.69 Å². The van der Waals surface area contributed by atoms with Gasteiger partial charge in [0.15, 0.2) is 0 Å². The van der Waals surface area contributed by atoms with Crippen LogP contribution in [0.1, 0.15) is 18.4 Å². The van der Waals surface area contributed by atoms with Crippen molar-refractivity contribution in [2.45, 2.75) is 19.3 Å². The van der Waals surface area contributed by atoms with E-state index in [-0.39, 0.29) is 11.8 Å². The summed E-state index contributed by atoms with van der Waals surface area (Å²) in [6, 6.07) is 5.95. The summed E-state index contributed by atoms with van der Waals surface area (Å²) in [6.07, 6.45) is 3.56. The topological polar surface area (TPSA) is 57.7 Å². The van der Waals surface area contributed by atoms with E-state index in [1.165, 1.54) is 16.1 Å². The quantitative estimate of drug-likeness (QED) is 0.780. The highest BCUT2D eigenvalue weighted by atomic mass is 79.9. The summed E-state index contributed by atoms with van der Waals surface area (Å²) in [7, 11) is -3.23. The number of anilines is 1. The third kappa shape index (κ3) is 3.07. The fraction of sp³-hybridized carbons (Fsp3) is 0.533. The Morgan fingerprint density at radius 2 is 2.09 bits per heavy atom. The number of hydrogen-bond acceptors (Lipinski definition) is 3. The molecule has 0 aliphatic carbocycles. The molecule has 2 aliphatic rings. The van der Waals surface area contributed by atoms with Gasteiger partial charge in [-0.15, -0.1) is 0 Å². The largest absolute Gasteiger partial charge is 0.312 e. The van der Waals surface area contributed by atoms with Crippen LogP contribution in [0, 0.1) is 5.92 Å². The molecule has 1 amide bonds. The van der Waals surface area contributed by atoms with Gasteiger partial charge in [0.05, 0.1) is 12.2 Å². The molecule has 2 aliphatic heterocycles. The summed E-state index contributed by atoms with van der Waals surface area (Å²) in [5, 5.41) is 0. The normalized spacial score (nSPS) is 22.6. The van der Waals surface area contributed by atoms with Crippen LogP contribution in [0.25, 0.3) is 0 Å². The molecule has 3 rings (SSSR count). The fourth-order valence-corrected chi connectivity index (χ4v) is 4.58. The molecule has 7 heteroatoms. The van der Waals surface area contributed by atoms with Crippen molar-refractivity contribution in [3.63, 3.8) is 0 Å². The molecule has 22 heavy (non-hydrogen) atoms. The zero-order valence-corrected chi connectivity index (χ0v) is 14.9. The first-order chi connectivity index (χ1) is 10.4. The maximum atomic E-state index is 12.8. The summed E-state index contributed by atoms with van der Waals surface area (Å²) in [4.78, 5) is 14.6. The van der Waals surface area contributed by atoms with E-state index in [2.05, 4.69) is 15.9 Å². The number of piperidine rings is 1. The van der Waals surface area contributed by atoms with Crippen molar-refractivity contribution in [2.24, 2.45) is 5.92 Å². The van der Waals surface area contributed by atoms with Gasteiger partial charge in [0.1, 0.15) is 0 Å². The number of carbonyl (C=O) groups is 1. The molecule has 0 spiro atoms. The molecule has 0 radical (unpaired) electrons. The van der Waals surface area contributed by atoms with E-state index in [4.69, 9.17) is 0 Å². The van der Waals surface area contributed by atoms with Crippen LogP contribution in [0.5, 0.6) is 0 Å². The molecule has 0 saturated carbocycles. The number of rotatable bonds is 2. The van der Waals surface area contributed by atoms with Gasteiger partial charge in [-0.2, -0.15) is 0 Å². The first-order valence-corrected chi connectivity index (χ1v) is 10.1. The average Bonchev–Trinajstić information content (AvgIpc) is 2.88. The van der Waals surface area contributed by atoms with Crippen LogP contribution in [0.3, 0.4) is 0 Å². The van der Waals surface area contributed by atoms with Crippen LogP contribution in [0.2, 0.25) is 0 Å². The monoisotopic (exact) mass is 386 g/mol. The van der Waals surface area contributed by atoms with E-state index in [0.717, 1.165) is 29.4 Å². The van der Waals surface area contributed by atoms with E-state index >= 15 is 0 Å². The Balaban J connectivity index is 1.78. The average molecular weight is 387 g/mol. The van der Waals surface area contributed by atoms with Gasteiger partial charge in [-0.3, -0.25) is 4.79 Å². The van der Waals surface area contributed by atoms with Crippen LogP contribution in [-0.4, -0.2) is 44.5 Å². The molecule has 0 bridgehead atoms. The van der Waals surface area contributed by atoms with Crippen LogP contribution >= 0.6 is 15.9 Å². The lowest BCUT2D eigenvalue weighted by atomic mass is 9.98. The third-order valence-electron chi connectivity index (χ3n) is 4.41. The zero-order valence-electron chi connectivity index (χ0n) is 12.5. The number of fused-ring (bicyclic) bond motifs is 1. The third-order valence-corrected chi connectivity index (χ3v) is 6.17. The molecule has 1 aromatic carbocycles. The van der Waals surface area contributed by atoms with Gasteiger partial charge in [-0.05, 0) is 43.0 Å². The van der Waals surface area contributed by atoms with Gasteiger partial charge in [0.25, 0.3) is 0 Å². The minimum Gasteiger partial charge on any atom is -0.312 e. The Morgan fingerprint density at radius 1 is 1.32 bits per heavy atom. The minimum atomic E-state index is -3.23. The number of halogens is 1. The lowest BCUT2D eigenvalue weighted by Crippen LogP contribution is -2.46.